The second-order valence-electron chi connectivity index (χ2n) is 2.63. The summed E-state index contributed by atoms with van der Waals surface area (Å²) in [6, 6.07) is 0. The molecule has 0 atom stereocenters. The van der Waals surface area contributed by atoms with Crippen molar-refractivity contribution in [1.29, 1.82) is 0 Å². The molecular formula is C8H17NO. The molecule has 2 nitrogen and oxygen atoms in total. The van der Waals surface area contributed by atoms with Crippen LogP contribution in [0.3, 0.4) is 0 Å². The van der Waals surface area contributed by atoms with Crippen molar-refractivity contribution < 1.29 is 5.11 Å². The van der Waals surface area contributed by atoms with Gasteiger partial charge >= 0.3 is 0 Å². The number of allylic oxidation sites excluding steroid dienone is 1. The lowest BCUT2D eigenvalue weighted by Crippen LogP contribution is -2.15. The third kappa shape index (κ3) is 4.24. The Bertz CT molecular complexity index is 114. The molecular weight excluding hydrogens is 126 g/mol. The molecule has 0 heterocycles. The summed E-state index contributed by atoms with van der Waals surface area (Å²) >= 11 is 0. The molecule has 2 N–H and O–H groups in total. The number of unbranched alkanes of at least 4 members (excludes halogenated alkanes) is 1. The lowest BCUT2D eigenvalue weighted by molar-refractivity contribution is 0.355. The lowest BCUT2D eigenvalue weighted by Gasteiger charge is -2.04. The Balaban J connectivity index is 3.40. The smallest absolute Gasteiger partial charge is 0.182 e. The van der Waals surface area contributed by atoms with Gasteiger partial charge in [-0.15, -0.1) is 0 Å². The van der Waals surface area contributed by atoms with Crippen molar-refractivity contribution in [3.05, 3.63) is 11.5 Å². The third-order valence-corrected chi connectivity index (χ3v) is 1.30. The first-order valence-electron chi connectivity index (χ1n) is 3.78. The summed E-state index contributed by atoms with van der Waals surface area (Å²) in [5.41, 5.74) is 0.941. The molecule has 0 rings (SSSR count). The Morgan fingerprint density at radius 1 is 1.40 bits per heavy atom. The van der Waals surface area contributed by atoms with E-state index >= 15 is 0 Å². The molecule has 2 heteroatoms. The van der Waals surface area contributed by atoms with E-state index < -0.39 is 0 Å². The summed E-state index contributed by atoms with van der Waals surface area (Å²) in [5.74, 6) is 0.327. The van der Waals surface area contributed by atoms with Gasteiger partial charge in [0.2, 0.25) is 0 Å². The fraction of sp³-hybridized carbons (Fsp3) is 0.750. The molecule has 0 saturated carbocycles. The number of nitrogens with one attached hydrogen (secondary N) is 1. The Morgan fingerprint density at radius 3 is 2.40 bits per heavy atom. The van der Waals surface area contributed by atoms with E-state index in [0.717, 1.165) is 25.0 Å². The number of hydrogen-bond acceptors (Lipinski definition) is 2. The van der Waals surface area contributed by atoms with E-state index in [9.17, 15) is 0 Å². The van der Waals surface area contributed by atoms with Crippen LogP contribution < -0.4 is 5.32 Å². The highest BCUT2D eigenvalue weighted by Gasteiger charge is 1.91. The molecule has 10 heavy (non-hydrogen) atoms. The SMILES string of the molecule is CCCCNC(O)=C(C)C. The summed E-state index contributed by atoms with van der Waals surface area (Å²) in [6.07, 6.45) is 2.26. The van der Waals surface area contributed by atoms with Crippen molar-refractivity contribution in [2.24, 2.45) is 0 Å². The van der Waals surface area contributed by atoms with Gasteiger partial charge in [0.25, 0.3) is 0 Å². The van der Waals surface area contributed by atoms with Crippen LogP contribution in [0.2, 0.25) is 0 Å². The highest BCUT2D eigenvalue weighted by atomic mass is 16.3. The molecule has 0 aromatic rings. The Labute approximate surface area is 62.9 Å². The molecule has 0 aliphatic heterocycles. The van der Waals surface area contributed by atoms with E-state index in [-0.39, 0.29) is 0 Å². The van der Waals surface area contributed by atoms with Gasteiger partial charge in [-0.3, -0.25) is 0 Å². The highest BCUT2D eigenvalue weighted by molar-refractivity contribution is 4.98. The molecule has 0 saturated heterocycles. The third-order valence-electron chi connectivity index (χ3n) is 1.30. The average molecular weight is 143 g/mol. The molecule has 60 valence electrons. The Morgan fingerprint density at radius 2 is 2.00 bits per heavy atom. The molecule has 0 aromatic carbocycles. The zero-order valence-corrected chi connectivity index (χ0v) is 7.07. The molecule has 0 aliphatic carbocycles. The number of hydrogen-bond donors (Lipinski definition) is 2. The van der Waals surface area contributed by atoms with Crippen LogP contribution in [0.1, 0.15) is 33.6 Å². The Hall–Kier alpha value is -0.660. The van der Waals surface area contributed by atoms with Crippen molar-refractivity contribution in [1.82, 2.24) is 5.32 Å². The maximum Gasteiger partial charge on any atom is 0.182 e. The second kappa shape index (κ2) is 5.15. The molecule has 0 aliphatic rings. The van der Waals surface area contributed by atoms with Gasteiger partial charge in [-0.25, -0.2) is 0 Å². The van der Waals surface area contributed by atoms with Crippen molar-refractivity contribution in [3.63, 3.8) is 0 Å². The van der Waals surface area contributed by atoms with Crippen molar-refractivity contribution in [2.75, 3.05) is 6.54 Å². The quantitative estimate of drug-likeness (QED) is 0.467. The predicted octanol–water partition coefficient (Wildman–Crippen LogP) is 2.19. The van der Waals surface area contributed by atoms with Crippen LogP contribution in [0.25, 0.3) is 0 Å². The van der Waals surface area contributed by atoms with E-state index in [0.29, 0.717) is 5.88 Å². The van der Waals surface area contributed by atoms with Crippen LogP contribution in [0.4, 0.5) is 0 Å². The number of rotatable bonds is 4. The van der Waals surface area contributed by atoms with Gasteiger partial charge in [-0.1, -0.05) is 13.3 Å². The fourth-order valence-corrected chi connectivity index (χ4v) is 0.560. The minimum Gasteiger partial charge on any atom is -0.495 e. The predicted molar refractivity (Wildman–Crippen MR) is 43.9 cm³/mol. The van der Waals surface area contributed by atoms with Crippen LogP contribution in [0.5, 0.6) is 0 Å². The van der Waals surface area contributed by atoms with E-state index in [1.807, 2.05) is 13.8 Å². The molecule has 0 amide bonds. The largest absolute Gasteiger partial charge is 0.495 e. The zero-order valence-electron chi connectivity index (χ0n) is 7.07. The fourth-order valence-electron chi connectivity index (χ4n) is 0.560. The summed E-state index contributed by atoms with van der Waals surface area (Å²) in [7, 11) is 0. The van der Waals surface area contributed by atoms with Crippen molar-refractivity contribution in [3.8, 4) is 0 Å². The summed E-state index contributed by atoms with van der Waals surface area (Å²) < 4.78 is 0. The van der Waals surface area contributed by atoms with Gasteiger partial charge in [0.15, 0.2) is 5.88 Å². The highest BCUT2D eigenvalue weighted by Crippen LogP contribution is 1.94. The Kier molecular flexibility index (Phi) is 4.81. The molecule has 0 aromatic heterocycles. The van der Waals surface area contributed by atoms with E-state index in [1.54, 1.807) is 0 Å². The maximum atomic E-state index is 9.12. The maximum absolute atomic E-state index is 9.12. The van der Waals surface area contributed by atoms with Crippen molar-refractivity contribution >= 4 is 0 Å². The second-order valence-corrected chi connectivity index (χ2v) is 2.63. The van der Waals surface area contributed by atoms with Crippen LogP contribution in [0.15, 0.2) is 11.5 Å². The minimum absolute atomic E-state index is 0.327. The van der Waals surface area contributed by atoms with Crippen molar-refractivity contribution in [2.45, 2.75) is 33.6 Å². The van der Waals surface area contributed by atoms with E-state index in [2.05, 4.69) is 12.2 Å². The molecule has 0 fully saturated rings. The van der Waals surface area contributed by atoms with Crippen LogP contribution in [0, 0.1) is 0 Å². The summed E-state index contributed by atoms with van der Waals surface area (Å²) in [5, 5.41) is 12.0. The van der Waals surface area contributed by atoms with E-state index in [4.69, 9.17) is 5.11 Å². The van der Waals surface area contributed by atoms with Gasteiger partial charge in [0, 0.05) is 6.54 Å². The van der Waals surface area contributed by atoms with Crippen LogP contribution in [-0.2, 0) is 0 Å². The minimum atomic E-state index is 0.327. The average Bonchev–Trinajstić information content (AvgIpc) is 1.88. The number of aliphatic hydroxyl groups is 1. The zero-order chi connectivity index (χ0) is 7.98. The van der Waals surface area contributed by atoms with Gasteiger partial charge in [-0.05, 0) is 25.8 Å². The first kappa shape index (κ1) is 9.34. The molecule has 0 spiro atoms. The van der Waals surface area contributed by atoms with Crippen LogP contribution in [-0.4, -0.2) is 11.7 Å². The topological polar surface area (TPSA) is 32.3 Å². The summed E-state index contributed by atoms with van der Waals surface area (Å²) in [6.45, 7) is 6.76. The van der Waals surface area contributed by atoms with Gasteiger partial charge < -0.3 is 10.4 Å². The lowest BCUT2D eigenvalue weighted by atomic mass is 10.3. The monoisotopic (exact) mass is 143 g/mol. The normalized spacial score (nSPS) is 9.10. The standard InChI is InChI=1S/C8H17NO/c1-4-5-6-9-8(10)7(2)3/h9-10H,4-6H2,1-3H3. The molecule has 0 unspecified atom stereocenters. The van der Waals surface area contributed by atoms with Gasteiger partial charge in [0.05, 0.1) is 0 Å². The molecule has 0 bridgehead atoms. The number of aliphatic hydroxyl groups excluding tert-OH is 1. The summed E-state index contributed by atoms with van der Waals surface area (Å²) in [4.78, 5) is 0. The molecule has 0 radical (unpaired) electrons. The van der Waals surface area contributed by atoms with Gasteiger partial charge in [0.1, 0.15) is 0 Å². The van der Waals surface area contributed by atoms with Gasteiger partial charge in [-0.2, -0.15) is 0 Å². The first-order chi connectivity index (χ1) is 4.68. The van der Waals surface area contributed by atoms with Crippen LogP contribution >= 0.6 is 0 Å². The van der Waals surface area contributed by atoms with E-state index in [1.165, 1.54) is 0 Å². The first-order valence-corrected chi connectivity index (χ1v) is 3.78.